The number of benzene rings is 1. The molecule has 0 spiro atoms. The maximum absolute atomic E-state index is 12.1. The van der Waals surface area contributed by atoms with Gasteiger partial charge >= 0.3 is 0 Å². The van der Waals surface area contributed by atoms with E-state index in [1.54, 1.807) is 19.1 Å². The average molecular weight is 280 g/mol. The molecule has 1 aromatic heterocycles. The second kappa shape index (κ2) is 4.72. The Hall–Kier alpha value is -1.98. The lowest BCUT2D eigenvalue weighted by Gasteiger charge is -2.08. The van der Waals surface area contributed by atoms with Crippen LogP contribution in [0.1, 0.15) is 11.1 Å². The highest BCUT2D eigenvalue weighted by Crippen LogP contribution is 2.21. The van der Waals surface area contributed by atoms with E-state index in [-0.39, 0.29) is 4.90 Å². The van der Waals surface area contributed by atoms with Crippen molar-refractivity contribution in [2.75, 3.05) is 4.72 Å². The summed E-state index contributed by atoms with van der Waals surface area (Å²) < 4.78 is 30.2. The van der Waals surface area contributed by atoms with Gasteiger partial charge < -0.3 is 0 Å². The van der Waals surface area contributed by atoms with Crippen LogP contribution in [0.15, 0.2) is 29.3 Å². The van der Waals surface area contributed by atoms with E-state index in [9.17, 15) is 8.42 Å². The number of rotatable bonds is 3. The highest BCUT2D eigenvalue weighted by molar-refractivity contribution is 7.93. The Morgan fingerprint density at radius 2 is 2.22 bits per heavy atom. The Balaban J connectivity index is 2.44. The average Bonchev–Trinajstić information content (AvgIpc) is 2.81. The van der Waals surface area contributed by atoms with Gasteiger partial charge in [0.05, 0.1) is 22.7 Å². The number of hydrogen-bond donors (Lipinski definition) is 1. The number of nitrogens with zero attached hydrogens (tertiary/aromatic N) is 3. The lowest BCUT2D eigenvalue weighted by molar-refractivity contribution is 0.600. The Kier molecular flexibility index (Phi) is 3.27. The van der Waals surface area contributed by atoms with Crippen LogP contribution in [0.5, 0.6) is 0 Å². The first-order chi connectivity index (χ1) is 8.53. The molecule has 0 aliphatic carbocycles. The van der Waals surface area contributed by atoms with Crippen molar-refractivity contribution in [1.82, 2.24) is 9.59 Å². The largest absolute Gasteiger partial charge is 0.268 e. The Morgan fingerprint density at radius 3 is 2.83 bits per heavy atom. The van der Waals surface area contributed by atoms with Crippen LogP contribution in [0.3, 0.4) is 0 Å². The van der Waals surface area contributed by atoms with Crippen molar-refractivity contribution >= 4 is 26.6 Å². The standard InChI is InChI=1S/C10H8N4O2S2/c1-7-2-3-8(5-11)4-9(7)18(15,16)13-10-6-12-14-17-10/h2-4,6,13H,1H3. The van der Waals surface area contributed by atoms with Gasteiger partial charge in [-0.1, -0.05) is 10.6 Å². The molecule has 2 rings (SSSR count). The van der Waals surface area contributed by atoms with Crippen LogP contribution >= 0.6 is 11.5 Å². The normalized spacial score (nSPS) is 10.9. The van der Waals surface area contributed by atoms with Gasteiger partial charge in [0.15, 0.2) is 0 Å². The minimum atomic E-state index is -3.72. The van der Waals surface area contributed by atoms with E-state index in [1.807, 2.05) is 6.07 Å². The molecule has 2 aromatic rings. The van der Waals surface area contributed by atoms with Crippen LogP contribution in [0, 0.1) is 18.3 Å². The van der Waals surface area contributed by atoms with E-state index >= 15 is 0 Å². The topological polar surface area (TPSA) is 95.7 Å². The molecular weight excluding hydrogens is 272 g/mol. The number of aromatic nitrogens is 2. The van der Waals surface area contributed by atoms with Gasteiger partial charge in [0, 0.05) is 11.5 Å². The molecule has 0 saturated carbocycles. The molecule has 18 heavy (non-hydrogen) atoms. The van der Waals surface area contributed by atoms with Crippen LogP contribution < -0.4 is 4.72 Å². The van der Waals surface area contributed by atoms with Crippen molar-refractivity contribution in [3.8, 4) is 6.07 Å². The second-order valence-corrected chi connectivity index (χ2v) is 5.92. The summed E-state index contributed by atoms with van der Waals surface area (Å²) in [4.78, 5) is 0.0787. The van der Waals surface area contributed by atoms with Crippen molar-refractivity contribution in [3.63, 3.8) is 0 Å². The molecule has 0 bridgehead atoms. The maximum Gasteiger partial charge on any atom is 0.262 e. The second-order valence-electron chi connectivity index (χ2n) is 3.48. The third-order valence-electron chi connectivity index (χ3n) is 2.20. The number of nitrogens with one attached hydrogen (secondary N) is 1. The molecule has 0 aliphatic heterocycles. The van der Waals surface area contributed by atoms with Crippen LogP contribution in [-0.4, -0.2) is 18.0 Å². The minimum absolute atomic E-state index is 0.0787. The molecule has 1 heterocycles. The molecule has 6 nitrogen and oxygen atoms in total. The van der Waals surface area contributed by atoms with E-state index in [0.717, 1.165) is 11.5 Å². The third kappa shape index (κ3) is 2.47. The number of nitriles is 1. The van der Waals surface area contributed by atoms with Crippen molar-refractivity contribution in [2.45, 2.75) is 11.8 Å². The summed E-state index contributed by atoms with van der Waals surface area (Å²) in [5.74, 6) is 0. The fourth-order valence-corrected chi connectivity index (χ4v) is 3.31. The molecule has 0 amide bonds. The molecule has 0 fully saturated rings. The molecular formula is C10H8N4O2S2. The predicted molar refractivity (Wildman–Crippen MR) is 66.6 cm³/mol. The zero-order valence-corrected chi connectivity index (χ0v) is 10.9. The van der Waals surface area contributed by atoms with Crippen LogP contribution in [0.25, 0.3) is 0 Å². The summed E-state index contributed by atoms with van der Waals surface area (Å²) in [6, 6.07) is 6.42. The fourth-order valence-electron chi connectivity index (χ4n) is 1.36. The van der Waals surface area contributed by atoms with Crippen molar-refractivity contribution in [3.05, 3.63) is 35.5 Å². The molecule has 8 heteroatoms. The van der Waals surface area contributed by atoms with Gasteiger partial charge in [-0.05, 0) is 24.6 Å². The molecule has 92 valence electrons. The monoisotopic (exact) mass is 280 g/mol. The van der Waals surface area contributed by atoms with Gasteiger partial charge in [-0.3, -0.25) is 4.72 Å². The Labute approximate surface area is 108 Å². The molecule has 1 aromatic carbocycles. The Morgan fingerprint density at radius 1 is 1.44 bits per heavy atom. The first-order valence-electron chi connectivity index (χ1n) is 4.84. The maximum atomic E-state index is 12.1. The molecule has 0 unspecified atom stereocenters. The van der Waals surface area contributed by atoms with Gasteiger partial charge in [-0.15, -0.1) is 5.10 Å². The predicted octanol–water partition coefficient (Wildman–Crippen LogP) is 1.52. The zero-order valence-electron chi connectivity index (χ0n) is 9.28. The van der Waals surface area contributed by atoms with Gasteiger partial charge in [-0.2, -0.15) is 5.26 Å². The summed E-state index contributed by atoms with van der Waals surface area (Å²) in [5.41, 5.74) is 0.863. The third-order valence-corrected chi connectivity index (χ3v) is 4.42. The zero-order chi connectivity index (χ0) is 13.2. The van der Waals surface area contributed by atoms with Crippen LogP contribution in [-0.2, 0) is 10.0 Å². The van der Waals surface area contributed by atoms with E-state index in [1.165, 1.54) is 12.3 Å². The molecule has 0 aliphatic rings. The molecule has 0 atom stereocenters. The quantitative estimate of drug-likeness (QED) is 0.919. The lowest BCUT2D eigenvalue weighted by Crippen LogP contribution is -2.13. The van der Waals surface area contributed by atoms with Crippen molar-refractivity contribution in [1.29, 1.82) is 5.26 Å². The molecule has 0 radical (unpaired) electrons. The highest BCUT2D eigenvalue weighted by Gasteiger charge is 2.18. The van der Waals surface area contributed by atoms with Crippen LogP contribution in [0.4, 0.5) is 5.00 Å². The Bertz CT molecular complexity index is 702. The van der Waals surface area contributed by atoms with E-state index < -0.39 is 10.0 Å². The van der Waals surface area contributed by atoms with E-state index in [0.29, 0.717) is 16.1 Å². The van der Waals surface area contributed by atoms with E-state index in [4.69, 9.17) is 5.26 Å². The SMILES string of the molecule is Cc1ccc(C#N)cc1S(=O)(=O)Nc1cnns1. The van der Waals surface area contributed by atoms with Gasteiger partial charge in [-0.25, -0.2) is 8.42 Å². The minimum Gasteiger partial charge on any atom is -0.268 e. The summed E-state index contributed by atoms with van der Waals surface area (Å²) in [5, 5.41) is 12.7. The number of sulfonamides is 1. The summed E-state index contributed by atoms with van der Waals surface area (Å²) in [7, 11) is -3.72. The van der Waals surface area contributed by atoms with Crippen molar-refractivity contribution < 1.29 is 8.42 Å². The van der Waals surface area contributed by atoms with Crippen LogP contribution in [0.2, 0.25) is 0 Å². The van der Waals surface area contributed by atoms with Gasteiger partial charge in [0.2, 0.25) is 0 Å². The first-order valence-corrected chi connectivity index (χ1v) is 7.09. The summed E-state index contributed by atoms with van der Waals surface area (Å²) in [6.45, 7) is 1.67. The molecule has 1 N–H and O–H groups in total. The molecule has 0 saturated heterocycles. The van der Waals surface area contributed by atoms with Crippen molar-refractivity contribution in [2.24, 2.45) is 0 Å². The first kappa shape index (κ1) is 12.5. The van der Waals surface area contributed by atoms with Gasteiger partial charge in [0.25, 0.3) is 10.0 Å². The summed E-state index contributed by atoms with van der Waals surface area (Å²) in [6.07, 6.45) is 1.33. The van der Waals surface area contributed by atoms with E-state index in [2.05, 4.69) is 14.3 Å². The number of hydrogen-bond acceptors (Lipinski definition) is 6. The smallest absolute Gasteiger partial charge is 0.262 e. The highest BCUT2D eigenvalue weighted by atomic mass is 32.2. The number of aryl methyl sites for hydroxylation is 1. The lowest BCUT2D eigenvalue weighted by atomic mass is 10.2. The fraction of sp³-hybridized carbons (Fsp3) is 0.100. The van der Waals surface area contributed by atoms with Gasteiger partial charge in [0.1, 0.15) is 5.00 Å². The number of anilines is 1. The summed E-state index contributed by atoms with van der Waals surface area (Å²) >= 11 is 0.944.